The number of nitrogens with zero attached hydrogens (tertiary/aromatic N) is 4. The number of para-hydroxylation sites is 1. The SMILES string of the molecule is O=[N+]([O-])c1cnn(CC(O)CN2CCCSc3ccccc32)c1. The van der Waals surface area contributed by atoms with Gasteiger partial charge in [-0.3, -0.25) is 14.8 Å². The van der Waals surface area contributed by atoms with Crippen LogP contribution in [0, 0.1) is 10.1 Å². The average Bonchev–Trinajstić information content (AvgIpc) is 2.90. The molecule has 1 aromatic heterocycles. The van der Waals surface area contributed by atoms with Gasteiger partial charge in [-0.05, 0) is 24.3 Å². The van der Waals surface area contributed by atoms with Crippen LogP contribution in [0.1, 0.15) is 6.42 Å². The van der Waals surface area contributed by atoms with E-state index in [-0.39, 0.29) is 12.2 Å². The molecule has 2 heterocycles. The van der Waals surface area contributed by atoms with Gasteiger partial charge < -0.3 is 10.0 Å². The Hall–Kier alpha value is -2.06. The first-order valence-corrected chi connectivity index (χ1v) is 8.44. The van der Waals surface area contributed by atoms with Gasteiger partial charge >= 0.3 is 5.69 Å². The lowest BCUT2D eigenvalue weighted by Gasteiger charge is -2.27. The quantitative estimate of drug-likeness (QED) is 0.666. The molecule has 0 amide bonds. The number of thioether (sulfide) groups is 1. The van der Waals surface area contributed by atoms with E-state index in [2.05, 4.69) is 22.1 Å². The van der Waals surface area contributed by atoms with Crippen molar-refractivity contribution in [1.82, 2.24) is 9.78 Å². The van der Waals surface area contributed by atoms with E-state index in [0.717, 1.165) is 24.4 Å². The Balaban J connectivity index is 1.67. The zero-order valence-electron chi connectivity index (χ0n) is 12.5. The smallest absolute Gasteiger partial charge is 0.306 e. The highest BCUT2D eigenvalue weighted by Crippen LogP contribution is 2.33. The predicted octanol–water partition coefficient (Wildman–Crippen LogP) is 2.15. The number of benzene rings is 1. The summed E-state index contributed by atoms with van der Waals surface area (Å²) < 4.78 is 1.42. The second kappa shape index (κ2) is 7.01. The van der Waals surface area contributed by atoms with Crippen LogP contribution in [0.25, 0.3) is 0 Å². The van der Waals surface area contributed by atoms with Crippen LogP contribution in [0.3, 0.4) is 0 Å². The van der Waals surface area contributed by atoms with Crippen molar-refractivity contribution < 1.29 is 10.0 Å². The van der Waals surface area contributed by atoms with E-state index in [0.29, 0.717) is 6.54 Å². The molecule has 1 aliphatic rings. The van der Waals surface area contributed by atoms with E-state index in [4.69, 9.17) is 0 Å². The van der Waals surface area contributed by atoms with E-state index in [1.54, 1.807) is 0 Å². The fourth-order valence-corrected chi connectivity index (χ4v) is 3.68. The number of hydrogen-bond acceptors (Lipinski definition) is 6. The van der Waals surface area contributed by atoms with Gasteiger partial charge in [-0.1, -0.05) is 12.1 Å². The van der Waals surface area contributed by atoms with Gasteiger partial charge in [-0.2, -0.15) is 5.10 Å². The number of β-amino-alcohol motifs (C(OH)–C–C–N with tert-alkyl or cyclic N) is 1. The van der Waals surface area contributed by atoms with Crippen molar-refractivity contribution in [3.8, 4) is 0 Å². The standard InChI is InChI=1S/C15H18N4O3S/c20-13(11-18-9-12(8-16-18)19(21)22)10-17-6-3-7-23-15-5-2-1-4-14(15)17/h1-2,4-5,8-9,13,20H,3,6-7,10-11H2. The minimum Gasteiger partial charge on any atom is -0.389 e. The largest absolute Gasteiger partial charge is 0.389 e. The summed E-state index contributed by atoms with van der Waals surface area (Å²) >= 11 is 1.84. The summed E-state index contributed by atoms with van der Waals surface area (Å²) in [6.07, 6.45) is 2.95. The molecule has 0 saturated carbocycles. The van der Waals surface area contributed by atoms with Gasteiger partial charge in [-0.25, -0.2) is 0 Å². The van der Waals surface area contributed by atoms with Crippen LogP contribution in [-0.4, -0.2) is 44.8 Å². The van der Waals surface area contributed by atoms with Gasteiger partial charge in [0.05, 0.1) is 23.3 Å². The third-order valence-corrected chi connectivity index (χ3v) is 4.84. The van der Waals surface area contributed by atoms with Crippen molar-refractivity contribution in [2.24, 2.45) is 0 Å². The molecular formula is C15H18N4O3S. The van der Waals surface area contributed by atoms with E-state index in [1.165, 1.54) is 22.0 Å². The lowest BCUT2D eigenvalue weighted by atomic mass is 10.2. The van der Waals surface area contributed by atoms with Gasteiger partial charge in [0.15, 0.2) is 0 Å². The number of rotatable bonds is 5. The van der Waals surface area contributed by atoms with Crippen LogP contribution in [0.2, 0.25) is 0 Å². The molecule has 0 bridgehead atoms. The third kappa shape index (κ3) is 3.83. The van der Waals surface area contributed by atoms with Crippen LogP contribution >= 0.6 is 11.8 Å². The number of aromatic nitrogens is 2. The van der Waals surface area contributed by atoms with E-state index < -0.39 is 11.0 Å². The van der Waals surface area contributed by atoms with Crippen molar-refractivity contribution in [3.63, 3.8) is 0 Å². The fourth-order valence-electron chi connectivity index (χ4n) is 2.66. The zero-order chi connectivity index (χ0) is 16.2. The van der Waals surface area contributed by atoms with Crippen molar-refractivity contribution in [2.45, 2.75) is 24.0 Å². The van der Waals surface area contributed by atoms with E-state index in [1.807, 2.05) is 23.9 Å². The van der Waals surface area contributed by atoms with E-state index in [9.17, 15) is 15.2 Å². The van der Waals surface area contributed by atoms with Crippen LogP contribution in [0.5, 0.6) is 0 Å². The maximum absolute atomic E-state index is 10.7. The van der Waals surface area contributed by atoms with Crippen molar-refractivity contribution in [2.75, 3.05) is 23.7 Å². The average molecular weight is 334 g/mol. The molecule has 122 valence electrons. The number of fused-ring (bicyclic) bond motifs is 1. The maximum Gasteiger partial charge on any atom is 0.306 e. The predicted molar refractivity (Wildman–Crippen MR) is 88.9 cm³/mol. The first-order valence-electron chi connectivity index (χ1n) is 7.45. The molecule has 0 radical (unpaired) electrons. The van der Waals surface area contributed by atoms with Crippen LogP contribution in [0.4, 0.5) is 11.4 Å². The molecule has 23 heavy (non-hydrogen) atoms. The summed E-state index contributed by atoms with van der Waals surface area (Å²) in [5.74, 6) is 1.06. The number of aliphatic hydroxyl groups excluding tert-OH is 1. The van der Waals surface area contributed by atoms with Crippen LogP contribution < -0.4 is 4.90 Å². The van der Waals surface area contributed by atoms with Gasteiger partial charge in [0.1, 0.15) is 12.4 Å². The topological polar surface area (TPSA) is 84.4 Å². The van der Waals surface area contributed by atoms with Gasteiger partial charge in [0.25, 0.3) is 0 Å². The van der Waals surface area contributed by atoms with E-state index >= 15 is 0 Å². The molecule has 2 aromatic rings. The summed E-state index contributed by atoms with van der Waals surface area (Å²) in [6.45, 7) is 1.60. The van der Waals surface area contributed by atoms with Gasteiger partial charge in [0.2, 0.25) is 0 Å². The monoisotopic (exact) mass is 334 g/mol. The molecular weight excluding hydrogens is 316 g/mol. The molecule has 1 unspecified atom stereocenters. The molecule has 0 spiro atoms. The lowest BCUT2D eigenvalue weighted by Crippen LogP contribution is -2.35. The minimum atomic E-state index is -0.648. The third-order valence-electron chi connectivity index (χ3n) is 3.70. The van der Waals surface area contributed by atoms with Gasteiger partial charge in [0, 0.05) is 18.0 Å². The summed E-state index contributed by atoms with van der Waals surface area (Å²) in [6, 6.07) is 8.19. The number of aliphatic hydroxyl groups is 1. The van der Waals surface area contributed by atoms with Crippen molar-refractivity contribution in [1.29, 1.82) is 0 Å². The molecule has 3 rings (SSSR count). The number of nitro groups is 1. The molecule has 1 aliphatic heterocycles. The van der Waals surface area contributed by atoms with Crippen molar-refractivity contribution in [3.05, 3.63) is 46.8 Å². The first-order chi connectivity index (χ1) is 11.1. The summed E-state index contributed by atoms with van der Waals surface area (Å²) in [5, 5.41) is 24.9. The molecule has 0 saturated heterocycles. The lowest BCUT2D eigenvalue weighted by molar-refractivity contribution is -0.385. The number of anilines is 1. The summed E-state index contributed by atoms with van der Waals surface area (Å²) in [7, 11) is 0. The zero-order valence-corrected chi connectivity index (χ0v) is 13.4. The summed E-state index contributed by atoms with van der Waals surface area (Å²) in [4.78, 5) is 13.6. The molecule has 7 nitrogen and oxygen atoms in total. The van der Waals surface area contributed by atoms with Crippen molar-refractivity contribution >= 4 is 23.1 Å². The summed E-state index contributed by atoms with van der Waals surface area (Å²) in [5.41, 5.74) is 1.08. The maximum atomic E-state index is 10.7. The van der Waals surface area contributed by atoms with Crippen LogP contribution in [0.15, 0.2) is 41.6 Å². The minimum absolute atomic E-state index is 0.0614. The van der Waals surface area contributed by atoms with Crippen LogP contribution in [-0.2, 0) is 6.54 Å². The Morgan fingerprint density at radius 1 is 1.39 bits per heavy atom. The fraction of sp³-hybridized carbons (Fsp3) is 0.400. The Morgan fingerprint density at radius 2 is 2.22 bits per heavy atom. The molecule has 1 aromatic carbocycles. The Bertz CT molecular complexity index is 691. The second-order valence-electron chi connectivity index (χ2n) is 5.45. The highest BCUT2D eigenvalue weighted by Gasteiger charge is 2.19. The highest BCUT2D eigenvalue weighted by atomic mass is 32.2. The molecule has 8 heteroatoms. The molecule has 0 aliphatic carbocycles. The second-order valence-corrected chi connectivity index (χ2v) is 6.58. The van der Waals surface area contributed by atoms with Gasteiger partial charge in [-0.15, -0.1) is 11.8 Å². The Labute approximate surface area is 138 Å². The first kappa shape index (κ1) is 15.8. The molecule has 0 fully saturated rings. The molecule has 1 N–H and O–H groups in total. The molecule has 1 atom stereocenters. The Morgan fingerprint density at radius 3 is 3.00 bits per heavy atom. The normalized spacial score (nSPS) is 15.8. The highest BCUT2D eigenvalue weighted by molar-refractivity contribution is 7.99. The number of hydrogen-bond donors (Lipinski definition) is 1. The Kier molecular flexibility index (Phi) is 4.82.